The van der Waals surface area contributed by atoms with Gasteiger partial charge in [-0.15, -0.1) is 0 Å². The van der Waals surface area contributed by atoms with Crippen LogP contribution in [0.2, 0.25) is 0 Å². The summed E-state index contributed by atoms with van der Waals surface area (Å²) in [6.45, 7) is 10.5. The number of rotatable bonds is 7. The first kappa shape index (κ1) is 20.7. The van der Waals surface area contributed by atoms with Gasteiger partial charge in [-0.1, -0.05) is 26.0 Å². The van der Waals surface area contributed by atoms with Crippen LogP contribution in [0, 0.1) is 5.92 Å². The maximum atomic E-state index is 14.1. The van der Waals surface area contributed by atoms with Crippen LogP contribution in [0.1, 0.15) is 64.5 Å². The zero-order chi connectivity index (χ0) is 20.3. The molecule has 3 atom stereocenters. The molecule has 0 spiro atoms. The predicted octanol–water partition coefficient (Wildman–Crippen LogP) is 6.15. The summed E-state index contributed by atoms with van der Waals surface area (Å²) in [6, 6.07) is 7.09. The number of nitrogens with one attached hydrogen (secondary N) is 1. The zero-order valence-electron chi connectivity index (χ0n) is 17.7. The van der Waals surface area contributed by atoms with Crippen molar-refractivity contribution in [1.29, 1.82) is 0 Å². The van der Waals surface area contributed by atoms with Crippen molar-refractivity contribution < 1.29 is 9.13 Å². The summed E-state index contributed by atoms with van der Waals surface area (Å²) >= 11 is 0. The Morgan fingerprint density at radius 2 is 2.07 bits per heavy atom. The fraction of sp³-hybridized carbons (Fsp3) is 0.500. The Hall–Kier alpha value is -2.07. The molecule has 28 heavy (non-hydrogen) atoms. The predicted molar refractivity (Wildman–Crippen MR) is 115 cm³/mol. The van der Waals surface area contributed by atoms with E-state index in [4.69, 9.17) is 4.74 Å². The monoisotopic (exact) mass is 384 g/mol. The molecule has 0 bridgehead atoms. The molecule has 1 aliphatic heterocycles. The molecular formula is C24H33FN2O. The summed E-state index contributed by atoms with van der Waals surface area (Å²) < 4.78 is 19.7. The second kappa shape index (κ2) is 8.95. The van der Waals surface area contributed by atoms with Gasteiger partial charge in [0.25, 0.3) is 0 Å². The Morgan fingerprint density at radius 1 is 1.29 bits per heavy atom. The van der Waals surface area contributed by atoms with Gasteiger partial charge in [-0.3, -0.25) is 5.01 Å². The third-order valence-corrected chi connectivity index (χ3v) is 5.45. The van der Waals surface area contributed by atoms with Gasteiger partial charge < -0.3 is 4.74 Å². The van der Waals surface area contributed by atoms with E-state index in [1.807, 2.05) is 19.9 Å². The third-order valence-electron chi connectivity index (χ3n) is 5.45. The van der Waals surface area contributed by atoms with Crippen LogP contribution >= 0.6 is 0 Å². The number of anilines is 1. The molecule has 0 amide bonds. The van der Waals surface area contributed by atoms with Gasteiger partial charge in [0.15, 0.2) is 11.6 Å². The largest absolute Gasteiger partial charge is 0.488 e. The molecule has 1 aliphatic carbocycles. The quantitative estimate of drug-likeness (QED) is 0.610. The van der Waals surface area contributed by atoms with Crippen LogP contribution in [0.5, 0.6) is 0 Å². The van der Waals surface area contributed by atoms with Crippen molar-refractivity contribution in [3.8, 4) is 0 Å². The van der Waals surface area contributed by atoms with E-state index < -0.39 is 0 Å². The number of ether oxygens (including phenoxy) is 1. The van der Waals surface area contributed by atoms with Crippen molar-refractivity contribution in [2.75, 3.05) is 5.01 Å². The van der Waals surface area contributed by atoms with Gasteiger partial charge in [0.05, 0.1) is 11.8 Å². The highest BCUT2D eigenvalue weighted by Crippen LogP contribution is 2.34. The lowest BCUT2D eigenvalue weighted by atomic mass is 9.89. The van der Waals surface area contributed by atoms with Crippen LogP contribution in [0.3, 0.4) is 0 Å². The van der Waals surface area contributed by atoms with Crippen molar-refractivity contribution in [1.82, 2.24) is 5.43 Å². The van der Waals surface area contributed by atoms with Gasteiger partial charge in [0.1, 0.15) is 0 Å². The Kier molecular flexibility index (Phi) is 6.61. The summed E-state index contributed by atoms with van der Waals surface area (Å²) in [4.78, 5) is 0. The molecule has 3 rings (SSSR count). The maximum absolute atomic E-state index is 14.1. The molecule has 1 aromatic rings. The lowest BCUT2D eigenvalue weighted by Gasteiger charge is -2.26. The zero-order valence-corrected chi connectivity index (χ0v) is 17.7. The maximum Gasteiger partial charge on any atom is 0.160 e. The first-order valence-electron chi connectivity index (χ1n) is 10.5. The molecule has 0 aromatic heterocycles. The molecule has 1 aromatic carbocycles. The van der Waals surface area contributed by atoms with Crippen LogP contribution in [-0.4, -0.2) is 12.1 Å². The van der Waals surface area contributed by atoms with Gasteiger partial charge in [0, 0.05) is 12.2 Å². The smallest absolute Gasteiger partial charge is 0.160 e. The minimum Gasteiger partial charge on any atom is -0.488 e. The lowest BCUT2D eigenvalue weighted by molar-refractivity contribution is 0.142. The Labute approximate surface area is 168 Å². The molecule has 3 unspecified atom stereocenters. The van der Waals surface area contributed by atoms with Crippen LogP contribution in [0.15, 0.2) is 54.2 Å². The van der Waals surface area contributed by atoms with E-state index in [0.717, 1.165) is 12.8 Å². The molecule has 0 saturated carbocycles. The van der Waals surface area contributed by atoms with Gasteiger partial charge in [-0.05, 0) is 87.3 Å². The van der Waals surface area contributed by atoms with Gasteiger partial charge in [-0.2, -0.15) is 0 Å². The highest BCUT2D eigenvalue weighted by Gasteiger charge is 2.21. The highest BCUT2D eigenvalue weighted by molar-refractivity contribution is 5.59. The van der Waals surface area contributed by atoms with E-state index in [9.17, 15) is 4.39 Å². The molecule has 1 N–H and O–H groups in total. The van der Waals surface area contributed by atoms with Crippen molar-refractivity contribution in [3.05, 3.63) is 65.3 Å². The van der Waals surface area contributed by atoms with E-state index in [1.165, 1.54) is 16.8 Å². The number of halogens is 1. The van der Waals surface area contributed by atoms with Crippen LogP contribution in [-0.2, 0) is 11.2 Å². The fourth-order valence-electron chi connectivity index (χ4n) is 3.74. The summed E-state index contributed by atoms with van der Waals surface area (Å²) in [7, 11) is 0. The molecule has 2 aliphatic rings. The molecule has 0 saturated heterocycles. The van der Waals surface area contributed by atoms with E-state index in [1.54, 1.807) is 6.08 Å². The van der Waals surface area contributed by atoms with Crippen LogP contribution < -0.4 is 10.4 Å². The van der Waals surface area contributed by atoms with Crippen molar-refractivity contribution >= 4 is 5.69 Å². The molecule has 3 nitrogen and oxygen atoms in total. The second-order valence-electron chi connectivity index (χ2n) is 8.28. The highest BCUT2D eigenvalue weighted by atomic mass is 19.1. The molecule has 1 heterocycles. The van der Waals surface area contributed by atoms with Crippen LogP contribution in [0.25, 0.3) is 0 Å². The Bertz CT molecular complexity index is 781. The number of nitrogens with zero attached hydrogens (tertiary/aromatic N) is 1. The van der Waals surface area contributed by atoms with Crippen molar-refractivity contribution in [2.45, 2.75) is 71.9 Å². The minimum atomic E-state index is -0.238. The molecule has 4 heteroatoms. The molecule has 152 valence electrons. The van der Waals surface area contributed by atoms with Crippen molar-refractivity contribution in [3.63, 3.8) is 0 Å². The Balaban J connectivity index is 1.83. The average Bonchev–Trinajstić information content (AvgIpc) is 3.09. The third kappa shape index (κ3) is 4.85. The molecular weight excluding hydrogens is 351 g/mol. The van der Waals surface area contributed by atoms with Crippen molar-refractivity contribution in [2.24, 2.45) is 5.92 Å². The number of hydrogen-bond donors (Lipinski definition) is 1. The summed E-state index contributed by atoms with van der Waals surface area (Å²) in [5.41, 5.74) is 7.32. The number of benzene rings is 1. The second-order valence-corrected chi connectivity index (χ2v) is 8.28. The van der Waals surface area contributed by atoms with Gasteiger partial charge >= 0.3 is 0 Å². The van der Waals surface area contributed by atoms with E-state index in [-0.39, 0.29) is 17.8 Å². The van der Waals surface area contributed by atoms with E-state index in [0.29, 0.717) is 24.1 Å². The number of hydrazine groups is 1. The normalized spacial score (nSPS) is 23.0. The summed E-state index contributed by atoms with van der Waals surface area (Å²) in [5.74, 6) is 0.892. The standard InChI is InChI=1S/C24H33FN2O/c1-6-17(4)21-9-7-19(14-23(21)27-12-11-18(5)26-27)13-20-8-10-22(25)24(15-20)28-16(2)3/h7,9-12,14-18,20,26H,6,8,13H2,1-5H3. The van der Waals surface area contributed by atoms with E-state index >= 15 is 0 Å². The SMILES string of the molecule is CCC(C)c1ccc(CC2C=C(OC(C)C)C(F)=CC2)cc1N1C=CC(C)N1. The molecule has 0 fully saturated rings. The first-order valence-corrected chi connectivity index (χ1v) is 10.5. The fourth-order valence-corrected chi connectivity index (χ4v) is 3.74. The first-order chi connectivity index (χ1) is 13.4. The Morgan fingerprint density at radius 3 is 2.71 bits per heavy atom. The van der Waals surface area contributed by atoms with Gasteiger partial charge in [0.2, 0.25) is 0 Å². The van der Waals surface area contributed by atoms with Gasteiger partial charge in [-0.25, -0.2) is 9.82 Å². The summed E-state index contributed by atoms with van der Waals surface area (Å²) in [6.07, 6.45) is 10.5. The molecule has 0 radical (unpaired) electrons. The lowest BCUT2D eigenvalue weighted by Crippen LogP contribution is -2.34. The number of hydrogen-bond acceptors (Lipinski definition) is 3. The topological polar surface area (TPSA) is 24.5 Å². The van der Waals surface area contributed by atoms with Crippen LogP contribution in [0.4, 0.5) is 10.1 Å². The summed E-state index contributed by atoms with van der Waals surface area (Å²) in [5, 5.41) is 2.14. The average molecular weight is 385 g/mol. The van der Waals surface area contributed by atoms with E-state index in [2.05, 4.69) is 61.7 Å². The number of allylic oxidation sites excluding steroid dienone is 3. The minimum absolute atomic E-state index is 0.0272.